The summed E-state index contributed by atoms with van der Waals surface area (Å²) in [5.74, 6) is -0.935. The van der Waals surface area contributed by atoms with Gasteiger partial charge < -0.3 is 9.84 Å². The minimum absolute atomic E-state index is 0.194. The van der Waals surface area contributed by atoms with Crippen LogP contribution in [0.2, 0.25) is 0 Å². The zero-order valence-corrected chi connectivity index (χ0v) is 11.2. The molecule has 6 nitrogen and oxygen atoms in total. The lowest BCUT2D eigenvalue weighted by atomic mass is 10.2. The summed E-state index contributed by atoms with van der Waals surface area (Å²) >= 11 is 0. The number of carboxylic acid groups (broad SMARTS) is 1. The Labute approximate surface area is 120 Å². The number of hydrogen-bond donors (Lipinski definition) is 1. The summed E-state index contributed by atoms with van der Waals surface area (Å²) in [6, 6.07) is 12.6. The number of carbonyl (C=O) groups is 2. The molecule has 0 aromatic heterocycles. The van der Waals surface area contributed by atoms with Crippen molar-refractivity contribution >= 4 is 23.3 Å². The number of azo groups is 1. The monoisotopic (exact) mass is 284 g/mol. The Morgan fingerprint density at radius 1 is 0.905 bits per heavy atom. The number of aromatic carboxylic acids is 1. The van der Waals surface area contributed by atoms with Crippen LogP contribution in [0.15, 0.2) is 58.8 Å². The largest absolute Gasteiger partial charge is 0.478 e. The summed E-state index contributed by atoms with van der Waals surface area (Å²) in [4.78, 5) is 21.5. The van der Waals surface area contributed by atoms with Crippen LogP contribution in [0.4, 0.5) is 11.4 Å². The number of carboxylic acids is 1. The first-order chi connectivity index (χ1) is 10.0. The van der Waals surface area contributed by atoms with Gasteiger partial charge in [-0.1, -0.05) is 0 Å². The van der Waals surface area contributed by atoms with Gasteiger partial charge in [0, 0.05) is 6.92 Å². The van der Waals surface area contributed by atoms with E-state index in [0.717, 1.165) is 0 Å². The first-order valence-corrected chi connectivity index (χ1v) is 6.08. The first kappa shape index (κ1) is 14.4. The first-order valence-electron chi connectivity index (χ1n) is 6.08. The van der Waals surface area contributed by atoms with Crippen LogP contribution in [0.1, 0.15) is 17.3 Å². The van der Waals surface area contributed by atoms with Crippen LogP contribution in [0.25, 0.3) is 0 Å². The number of carbonyl (C=O) groups excluding carboxylic acids is 1. The van der Waals surface area contributed by atoms with Crippen LogP contribution >= 0.6 is 0 Å². The predicted molar refractivity (Wildman–Crippen MR) is 75.3 cm³/mol. The lowest BCUT2D eigenvalue weighted by Crippen LogP contribution is -2.00. The molecule has 1 N–H and O–H groups in total. The van der Waals surface area contributed by atoms with Crippen molar-refractivity contribution in [1.29, 1.82) is 0 Å². The molecule has 0 fully saturated rings. The van der Waals surface area contributed by atoms with Crippen LogP contribution in [-0.2, 0) is 4.79 Å². The van der Waals surface area contributed by atoms with Crippen molar-refractivity contribution in [3.8, 4) is 5.75 Å². The molecule has 0 heterocycles. The van der Waals surface area contributed by atoms with Crippen molar-refractivity contribution in [2.75, 3.05) is 0 Å². The Kier molecular flexibility index (Phi) is 4.40. The summed E-state index contributed by atoms with van der Waals surface area (Å²) < 4.78 is 4.90. The quantitative estimate of drug-likeness (QED) is 0.526. The van der Waals surface area contributed by atoms with Crippen LogP contribution in [0.5, 0.6) is 5.75 Å². The van der Waals surface area contributed by atoms with E-state index in [1.807, 2.05) is 0 Å². The molecule has 0 aliphatic carbocycles. The third-order valence-corrected chi connectivity index (χ3v) is 2.49. The average Bonchev–Trinajstić information content (AvgIpc) is 2.46. The standard InChI is InChI=1S/C15H12N2O4/c1-10(18)21-14-8-6-13(7-9-14)17-16-12-4-2-11(3-5-12)15(19)20/h2-9H,1H3,(H,19,20). The molecule has 6 heteroatoms. The van der Waals surface area contributed by atoms with Crippen LogP contribution in [0.3, 0.4) is 0 Å². The van der Waals surface area contributed by atoms with Crippen molar-refractivity contribution in [2.24, 2.45) is 10.2 Å². The number of rotatable bonds is 4. The molecule has 2 rings (SSSR count). The van der Waals surface area contributed by atoms with Gasteiger partial charge in [-0.3, -0.25) is 4.79 Å². The van der Waals surface area contributed by atoms with E-state index in [1.54, 1.807) is 36.4 Å². The minimum atomic E-state index is -0.987. The Bertz CT molecular complexity index is 676. The van der Waals surface area contributed by atoms with Gasteiger partial charge in [0.1, 0.15) is 5.75 Å². The van der Waals surface area contributed by atoms with Crippen LogP contribution in [0, 0.1) is 0 Å². The topological polar surface area (TPSA) is 88.3 Å². The molecule has 2 aromatic rings. The van der Waals surface area contributed by atoms with E-state index in [4.69, 9.17) is 9.84 Å². The lowest BCUT2D eigenvalue weighted by molar-refractivity contribution is -0.131. The van der Waals surface area contributed by atoms with Crippen molar-refractivity contribution in [1.82, 2.24) is 0 Å². The third-order valence-electron chi connectivity index (χ3n) is 2.49. The normalized spacial score (nSPS) is 10.5. The number of benzene rings is 2. The van der Waals surface area contributed by atoms with Gasteiger partial charge in [0.2, 0.25) is 0 Å². The Hall–Kier alpha value is -3.02. The average molecular weight is 284 g/mol. The molecule has 0 saturated heterocycles. The predicted octanol–water partition coefficient (Wildman–Crippen LogP) is 3.73. The number of nitrogens with zero attached hydrogens (tertiary/aromatic N) is 2. The highest BCUT2D eigenvalue weighted by molar-refractivity contribution is 5.87. The Balaban J connectivity index is 2.06. The fraction of sp³-hybridized carbons (Fsp3) is 0.0667. The second-order valence-electron chi connectivity index (χ2n) is 4.14. The van der Waals surface area contributed by atoms with Crippen molar-refractivity contribution < 1.29 is 19.4 Å². The molecule has 0 radical (unpaired) electrons. The summed E-state index contributed by atoms with van der Waals surface area (Å²) in [6.45, 7) is 1.33. The van der Waals surface area contributed by atoms with Gasteiger partial charge >= 0.3 is 11.9 Å². The molecule has 0 aliphatic rings. The summed E-state index contributed by atoms with van der Waals surface area (Å²) in [7, 11) is 0. The molecule has 21 heavy (non-hydrogen) atoms. The highest BCUT2D eigenvalue weighted by atomic mass is 16.5. The molecule has 0 saturated carbocycles. The van der Waals surface area contributed by atoms with Crippen LogP contribution in [-0.4, -0.2) is 17.0 Å². The maximum atomic E-state index is 10.8. The molecular formula is C15H12N2O4. The lowest BCUT2D eigenvalue weighted by Gasteiger charge is -2.00. The van der Waals surface area contributed by atoms with E-state index in [1.165, 1.54) is 19.1 Å². The molecule has 0 amide bonds. The highest BCUT2D eigenvalue weighted by Gasteiger charge is 2.01. The highest BCUT2D eigenvalue weighted by Crippen LogP contribution is 2.21. The van der Waals surface area contributed by atoms with Crippen molar-refractivity contribution in [2.45, 2.75) is 6.92 Å². The van der Waals surface area contributed by atoms with Gasteiger partial charge in [0.15, 0.2) is 0 Å². The van der Waals surface area contributed by atoms with Gasteiger partial charge in [-0.05, 0) is 48.5 Å². The Morgan fingerprint density at radius 3 is 1.81 bits per heavy atom. The number of esters is 1. The maximum absolute atomic E-state index is 10.8. The third kappa shape index (κ3) is 4.24. The van der Waals surface area contributed by atoms with E-state index < -0.39 is 5.97 Å². The maximum Gasteiger partial charge on any atom is 0.335 e. The fourth-order valence-electron chi connectivity index (χ4n) is 1.53. The van der Waals surface area contributed by atoms with Gasteiger partial charge in [-0.15, -0.1) is 0 Å². The van der Waals surface area contributed by atoms with Crippen molar-refractivity contribution in [3.63, 3.8) is 0 Å². The Morgan fingerprint density at radius 2 is 1.38 bits per heavy atom. The molecule has 0 bridgehead atoms. The van der Waals surface area contributed by atoms with Gasteiger partial charge in [0.25, 0.3) is 0 Å². The minimum Gasteiger partial charge on any atom is -0.478 e. The van der Waals surface area contributed by atoms with E-state index >= 15 is 0 Å². The fourth-order valence-corrected chi connectivity index (χ4v) is 1.53. The van der Waals surface area contributed by atoms with Gasteiger partial charge in [-0.25, -0.2) is 4.79 Å². The molecule has 2 aromatic carbocycles. The molecule has 106 valence electrons. The summed E-state index contributed by atoms with van der Waals surface area (Å²) in [5.41, 5.74) is 1.33. The molecular weight excluding hydrogens is 272 g/mol. The summed E-state index contributed by atoms with van der Waals surface area (Å²) in [5, 5.41) is 16.8. The zero-order chi connectivity index (χ0) is 15.2. The van der Waals surface area contributed by atoms with E-state index in [0.29, 0.717) is 17.1 Å². The second-order valence-corrected chi connectivity index (χ2v) is 4.14. The molecule has 0 unspecified atom stereocenters. The zero-order valence-electron chi connectivity index (χ0n) is 11.2. The molecule has 0 spiro atoms. The van der Waals surface area contributed by atoms with E-state index in [2.05, 4.69) is 10.2 Å². The van der Waals surface area contributed by atoms with Gasteiger partial charge in [0.05, 0.1) is 16.9 Å². The molecule has 0 aliphatic heterocycles. The SMILES string of the molecule is CC(=O)Oc1ccc(N=Nc2ccc(C(=O)O)cc2)cc1. The molecule has 0 atom stereocenters. The number of ether oxygens (including phenoxy) is 1. The van der Waals surface area contributed by atoms with Gasteiger partial charge in [-0.2, -0.15) is 10.2 Å². The second kappa shape index (κ2) is 6.42. The summed E-state index contributed by atoms with van der Waals surface area (Å²) in [6.07, 6.45) is 0. The van der Waals surface area contributed by atoms with E-state index in [-0.39, 0.29) is 11.5 Å². The van der Waals surface area contributed by atoms with E-state index in [9.17, 15) is 9.59 Å². The number of hydrogen-bond acceptors (Lipinski definition) is 5. The van der Waals surface area contributed by atoms with Crippen molar-refractivity contribution in [3.05, 3.63) is 54.1 Å². The van der Waals surface area contributed by atoms with Crippen LogP contribution < -0.4 is 4.74 Å². The smallest absolute Gasteiger partial charge is 0.335 e.